The summed E-state index contributed by atoms with van der Waals surface area (Å²) in [5.41, 5.74) is 2.74. The van der Waals surface area contributed by atoms with Gasteiger partial charge in [0.2, 0.25) is 0 Å². The van der Waals surface area contributed by atoms with E-state index in [0.29, 0.717) is 5.92 Å². The summed E-state index contributed by atoms with van der Waals surface area (Å²) in [4.78, 5) is 8.40. The van der Waals surface area contributed by atoms with Gasteiger partial charge in [0.05, 0.1) is 0 Å². The van der Waals surface area contributed by atoms with Gasteiger partial charge in [0.25, 0.3) is 0 Å². The van der Waals surface area contributed by atoms with Crippen LogP contribution in [0.15, 0.2) is 0 Å². The molecule has 1 N–H and O–H groups in total. The Morgan fingerprint density at radius 1 is 1.11 bits per heavy atom. The fourth-order valence-electron chi connectivity index (χ4n) is 4.39. The standard InChI is InChI=1S/C15H20N2S/c18-15-11-3-1-2-4-13(11)16-14(17-15)12-8-9-5-6-10(12)7-9/h9-10,12H,1-8H2,(H,16,17,18). The number of nitrogens with one attached hydrogen (secondary N) is 1. The summed E-state index contributed by atoms with van der Waals surface area (Å²) in [5, 5.41) is 0. The zero-order chi connectivity index (χ0) is 12.1. The lowest BCUT2D eigenvalue weighted by Crippen LogP contribution is -2.16. The number of H-pyrrole nitrogens is 1. The predicted molar refractivity (Wildman–Crippen MR) is 74.3 cm³/mol. The normalized spacial score (nSPS) is 33.7. The second-order valence-corrected chi connectivity index (χ2v) is 6.76. The molecule has 0 aliphatic heterocycles. The minimum Gasteiger partial charge on any atom is -0.347 e. The lowest BCUT2D eigenvalue weighted by molar-refractivity contribution is 0.403. The van der Waals surface area contributed by atoms with Crippen molar-refractivity contribution in [1.82, 2.24) is 9.97 Å². The number of aryl methyl sites for hydroxylation is 1. The zero-order valence-corrected chi connectivity index (χ0v) is 11.6. The Morgan fingerprint density at radius 3 is 2.78 bits per heavy atom. The third kappa shape index (κ3) is 1.67. The van der Waals surface area contributed by atoms with Crippen molar-refractivity contribution in [3.05, 3.63) is 21.7 Å². The summed E-state index contributed by atoms with van der Waals surface area (Å²) in [6, 6.07) is 0. The fourth-order valence-corrected chi connectivity index (χ4v) is 4.72. The van der Waals surface area contributed by atoms with Crippen LogP contribution in [-0.4, -0.2) is 9.97 Å². The molecule has 2 saturated carbocycles. The first kappa shape index (κ1) is 11.2. The minimum atomic E-state index is 0.678. The van der Waals surface area contributed by atoms with Crippen LogP contribution in [0, 0.1) is 16.5 Å². The Bertz CT molecular complexity index is 534. The molecule has 0 saturated heterocycles. The summed E-state index contributed by atoms with van der Waals surface area (Å²) < 4.78 is 0.890. The van der Waals surface area contributed by atoms with Crippen molar-refractivity contribution < 1.29 is 0 Å². The highest BCUT2D eigenvalue weighted by molar-refractivity contribution is 7.71. The Labute approximate surface area is 113 Å². The second kappa shape index (κ2) is 4.16. The van der Waals surface area contributed by atoms with Crippen LogP contribution in [0.4, 0.5) is 0 Å². The number of rotatable bonds is 1. The Hall–Kier alpha value is -0.700. The summed E-state index contributed by atoms with van der Waals surface area (Å²) in [7, 11) is 0. The smallest absolute Gasteiger partial charge is 0.133 e. The highest BCUT2D eigenvalue weighted by atomic mass is 32.1. The van der Waals surface area contributed by atoms with Crippen LogP contribution in [0.5, 0.6) is 0 Å². The van der Waals surface area contributed by atoms with E-state index in [1.807, 2.05) is 0 Å². The molecule has 1 heterocycles. The maximum atomic E-state index is 5.52. The van der Waals surface area contributed by atoms with E-state index in [1.165, 1.54) is 62.0 Å². The van der Waals surface area contributed by atoms with Crippen molar-refractivity contribution in [2.45, 2.75) is 57.3 Å². The van der Waals surface area contributed by atoms with Crippen LogP contribution >= 0.6 is 12.2 Å². The third-order valence-corrected chi connectivity index (χ3v) is 5.65. The van der Waals surface area contributed by atoms with Gasteiger partial charge in [0, 0.05) is 17.2 Å². The Balaban J connectivity index is 1.73. The Kier molecular flexibility index (Phi) is 2.58. The van der Waals surface area contributed by atoms with E-state index >= 15 is 0 Å². The van der Waals surface area contributed by atoms with Crippen LogP contribution in [0.3, 0.4) is 0 Å². The quantitative estimate of drug-likeness (QED) is 0.775. The molecule has 2 fully saturated rings. The maximum Gasteiger partial charge on any atom is 0.133 e. The van der Waals surface area contributed by atoms with Gasteiger partial charge in [-0.25, -0.2) is 4.98 Å². The van der Waals surface area contributed by atoms with Crippen LogP contribution < -0.4 is 0 Å². The van der Waals surface area contributed by atoms with Crippen molar-refractivity contribution >= 4 is 12.2 Å². The fraction of sp³-hybridized carbons (Fsp3) is 0.733. The maximum absolute atomic E-state index is 5.52. The van der Waals surface area contributed by atoms with E-state index in [1.54, 1.807) is 0 Å². The number of hydrogen-bond acceptors (Lipinski definition) is 2. The van der Waals surface area contributed by atoms with Crippen molar-refractivity contribution in [1.29, 1.82) is 0 Å². The third-order valence-electron chi connectivity index (χ3n) is 5.32. The van der Waals surface area contributed by atoms with E-state index < -0.39 is 0 Å². The first-order chi connectivity index (χ1) is 8.81. The van der Waals surface area contributed by atoms with Gasteiger partial charge in [-0.1, -0.05) is 18.6 Å². The molecule has 0 aromatic carbocycles. The highest BCUT2D eigenvalue weighted by Gasteiger charge is 2.41. The van der Waals surface area contributed by atoms with Gasteiger partial charge in [-0.3, -0.25) is 0 Å². The van der Waals surface area contributed by atoms with Crippen LogP contribution in [0.2, 0.25) is 0 Å². The number of aromatic amines is 1. The molecule has 0 radical (unpaired) electrons. The first-order valence-corrected chi connectivity index (χ1v) is 7.84. The van der Waals surface area contributed by atoms with Gasteiger partial charge in [-0.05, 0) is 56.8 Å². The van der Waals surface area contributed by atoms with Gasteiger partial charge in [-0.2, -0.15) is 0 Å². The van der Waals surface area contributed by atoms with Crippen molar-refractivity contribution in [3.63, 3.8) is 0 Å². The molecule has 0 amide bonds. The molecule has 0 spiro atoms. The summed E-state index contributed by atoms with van der Waals surface area (Å²) in [5.74, 6) is 3.75. The molecule has 3 aliphatic carbocycles. The lowest BCUT2D eigenvalue weighted by Gasteiger charge is -2.23. The minimum absolute atomic E-state index is 0.678. The largest absolute Gasteiger partial charge is 0.347 e. The van der Waals surface area contributed by atoms with Gasteiger partial charge in [0.1, 0.15) is 10.5 Å². The van der Waals surface area contributed by atoms with Gasteiger partial charge < -0.3 is 4.98 Å². The Morgan fingerprint density at radius 2 is 2.00 bits per heavy atom. The van der Waals surface area contributed by atoms with Crippen molar-refractivity contribution in [2.75, 3.05) is 0 Å². The van der Waals surface area contributed by atoms with E-state index in [2.05, 4.69) is 4.98 Å². The van der Waals surface area contributed by atoms with Gasteiger partial charge in [-0.15, -0.1) is 0 Å². The van der Waals surface area contributed by atoms with Crippen molar-refractivity contribution in [2.24, 2.45) is 11.8 Å². The molecule has 18 heavy (non-hydrogen) atoms. The summed E-state index contributed by atoms with van der Waals surface area (Å²) in [6.07, 6.45) is 10.5. The average molecular weight is 260 g/mol. The topological polar surface area (TPSA) is 28.7 Å². The highest BCUT2D eigenvalue weighted by Crippen LogP contribution is 2.52. The van der Waals surface area contributed by atoms with E-state index in [4.69, 9.17) is 17.2 Å². The average Bonchev–Trinajstić information content (AvgIpc) is 3.01. The summed E-state index contributed by atoms with van der Waals surface area (Å²) >= 11 is 5.52. The number of aromatic nitrogens is 2. The van der Waals surface area contributed by atoms with Gasteiger partial charge in [0.15, 0.2) is 0 Å². The van der Waals surface area contributed by atoms with Crippen LogP contribution in [0.1, 0.15) is 61.5 Å². The molecule has 3 heteroatoms. The lowest BCUT2D eigenvalue weighted by atomic mass is 9.87. The first-order valence-electron chi connectivity index (χ1n) is 7.43. The monoisotopic (exact) mass is 260 g/mol. The number of fused-ring (bicyclic) bond motifs is 3. The molecule has 3 aliphatic rings. The zero-order valence-electron chi connectivity index (χ0n) is 10.7. The van der Waals surface area contributed by atoms with E-state index in [-0.39, 0.29) is 0 Å². The molecule has 1 aromatic heterocycles. The molecule has 1 aromatic rings. The predicted octanol–water partition coefficient (Wildman–Crippen LogP) is 3.92. The van der Waals surface area contributed by atoms with Crippen molar-refractivity contribution in [3.8, 4) is 0 Å². The second-order valence-electron chi connectivity index (χ2n) is 6.37. The molecule has 3 unspecified atom stereocenters. The number of nitrogens with zero attached hydrogens (tertiary/aromatic N) is 1. The summed E-state index contributed by atoms with van der Waals surface area (Å²) in [6.45, 7) is 0. The van der Waals surface area contributed by atoms with Gasteiger partial charge >= 0.3 is 0 Å². The van der Waals surface area contributed by atoms with Crippen LogP contribution in [-0.2, 0) is 12.8 Å². The molecule has 96 valence electrons. The SMILES string of the molecule is S=c1nc(C2CC3CCC2C3)[nH]c2c1CCCC2. The molecule has 2 bridgehead atoms. The molecular weight excluding hydrogens is 240 g/mol. The van der Waals surface area contributed by atoms with E-state index in [9.17, 15) is 0 Å². The molecule has 3 atom stereocenters. The van der Waals surface area contributed by atoms with Crippen LogP contribution in [0.25, 0.3) is 0 Å². The molecule has 4 rings (SSSR count). The molecule has 2 nitrogen and oxygen atoms in total. The molecular formula is C15H20N2S. The number of hydrogen-bond donors (Lipinski definition) is 1. The van der Waals surface area contributed by atoms with E-state index in [0.717, 1.165) is 22.9 Å².